The van der Waals surface area contributed by atoms with Gasteiger partial charge in [-0.2, -0.15) is 5.10 Å². The number of halogens is 2. The molecule has 1 aromatic heterocycles. The monoisotopic (exact) mass is 251 g/mol. The summed E-state index contributed by atoms with van der Waals surface area (Å²) in [6, 6.07) is 5.21. The molecule has 1 amide bonds. The number of hydrogen-bond donors (Lipinski definition) is 2. The Balaban J connectivity index is 1.95. The van der Waals surface area contributed by atoms with Crippen molar-refractivity contribution in [2.75, 3.05) is 0 Å². The maximum atomic E-state index is 13.3. The van der Waals surface area contributed by atoms with Crippen LogP contribution in [0.25, 0.3) is 0 Å². The van der Waals surface area contributed by atoms with E-state index in [1.165, 1.54) is 6.07 Å². The molecular formula is C12H11F2N3O. The number of rotatable bonds is 4. The predicted octanol–water partition coefficient (Wildman–Crippen LogP) is 1.55. The number of H-pyrrole nitrogens is 1. The van der Waals surface area contributed by atoms with Gasteiger partial charge in [0.05, 0.1) is 18.7 Å². The highest BCUT2D eigenvalue weighted by atomic mass is 19.1. The first kappa shape index (κ1) is 12.2. The van der Waals surface area contributed by atoms with E-state index < -0.39 is 17.5 Å². The van der Waals surface area contributed by atoms with Gasteiger partial charge >= 0.3 is 0 Å². The van der Waals surface area contributed by atoms with Crippen LogP contribution in [-0.4, -0.2) is 16.1 Å². The average molecular weight is 251 g/mol. The third-order valence-electron chi connectivity index (χ3n) is 2.43. The van der Waals surface area contributed by atoms with Gasteiger partial charge in [-0.15, -0.1) is 0 Å². The zero-order valence-corrected chi connectivity index (χ0v) is 9.41. The third kappa shape index (κ3) is 2.91. The second-order valence-corrected chi connectivity index (χ2v) is 3.74. The Hall–Kier alpha value is -2.24. The number of nitrogens with one attached hydrogen (secondary N) is 2. The summed E-state index contributed by atoms with van der Waals surface area (Å²) in [5, 5.41) is 8.93. The Morgan fingerprint density at radius 3 is 2.61 bits per heavy atom. The molecule has 2 N–H and O–H groups in total. The highest BCUT2D eigenvalue weighted by Gasteiger charge is 2.12. The number of aromatic amines is 1. The van der Waals surface area contributed by atoms with Gasteiger partial charge in [0, 0.05) is 11.8 Å². The largest absolute Gasteiger partial charge is 0.350 e. The van der Waals surface area contributed by atoms with Gasteiger partial charge in [0.2, 0.25) is 5.91 Å². The van der Waals surface area contributed by atoms with Crippen molar-refractivity contribution in [3.63, 3.8) is 0 Å². The molecule has 0 radical (unpaired) electrons. The Morgan fingerprint density at radius 1 is 1.28 bits per heavy atom. The van der Waals surface area contributed by atoms with Crippen LogP contribution >= 0.6 is 0 Å². The topological polar surface area (TPSA) is 57.8 Å². The van der Waals surface area contributed by atoms with E-state index >= 15 is 0 Å². The van der Waals surface area contributed by atoms with Crippen molar-refractivity contribution >= 4 is 5.91 Å². The molecule has 6 heteroatoms. The summed E-state index contributed by atoms with van der Waals surface area (Å²) in [7, 11) is 0. The molecule has 0 saturated carbocycles. The summed E-state index contributed by atoms with van der Waals surface area (Å²) in [4.78, 5) is 11.5. The lowest BCUT2D eigenvalue weighted by Crippen LogP contribution is -2.25. The fourth-order valence-corrected chi connectivity index (χ4v) is 1.50. The molecule has 18 heavy (non-hydrogen) atoms. The lowest BCUT2D eigenvalue weighted by atomic mass is 10.1. The summed E-state index contributed by atoms with van der Waals surface area (Å²) in [5.41, 5.74) is 0.497. The van der Waals surface area contributed by atoms with Gasteiger partial charge in [0.25, 0.3) is 0 Å². The molecule has 1 aromatic carbocycles. The molecule has 0 saturated heterocycles. The van der Waals surface area contributed by atoms with Crippen molar-refractivity contribution in [3.05, 3.63) is 53.4 Å². The van der Waals surface area contributed by atoms with Crippen LogP contribution in [0.2, 0.25) is 0 Å². The van der Waals surface area contributed by atoms with Gasteiger partial charge in [-0.25, -0.2) is 8.78 Å². The van der Waals surface area contributed by atoms with Crippen molar-refractivity contribution in [2.24, 2.45) is 0 Å². The number of amides is 1. The minimum atomic E-state index is -0.716. The van der Waals surface area contributed by atoms with E-state index in [0.29, 0.717) is 0 Å². The van der Waals surface area contributed by atoms with E-state index in [2.05, 4.69) is 15.5 Å². The van der Waals surface area contributed by atoms with Crippen molar-refractivity contribution in [3.8, 4) is 0 Å². The second kappa shape index (κ2) is 5.39. The fourth-order valence-electron chi connectivity index (χ4n) is 1.50. The van der Waals surface area contributed by atoms with Crippen LogP contribution in [0.1, 0.15) is 11.3 Å². The molecule has 0 aliphatic heterocycles. The Morgan fingerprint density at radius 2 is 2.00 bits per heavy atom. The van der Waals surface area contributed by atoms with Crippen LogP contribution < -0.4 is 5.32 Å². The van der Waals surface area contributed by atoms with Crippen LogP contribution in [0.3, 0.4) is 0 Å². The number of aromatic nitrogens is 2. The highest BCUT2D eigenvalue weighted by molar-refractivity contribution is 5.78. The van der Waals surface area contributed by atoms with Crippen molar-refractivity contribution in [2.45, 2.75) is 13.0 Å². The van der Waals surface area contributed by atoms with Gasteiger partial charge < -0.3 is 5.32 Å². The van der Waals surface area contributed by atoms with Gasteiger partial charge in [0.15, 0.2) is 0 Å². The fraction of sp³-hybridized carbons (Fsp3) is 0.167. The van der Waals surface area contributed by atoms with Gasteiger partial charge in [-0.1, -0.05) is 6.07 Å². The molecule has 94 valence electrons. The molecule has 1 heterocycles. The first-order valence-electron chi connectivity index (χ1n) is 5.34. The van der Waals surface area contributed by atoms with Crippen LogP contribution in [0, 0.1) is 11.6 Å². The number of carbonyl (C=O) groups is 1. The molecule has 2 aromatic rings. The van der Waals surface area contributed by atoms with E-state index in [0.717, 1.165) is 17.8 Å². The number of benzene rings is 1. The SMILES string of the molecule is O=C(Cc1c(F)cccc1F)NCc1ccn[nH]1. The molecule has 0 atom stereocenters. The lowest BCUT2D eigenvalue weighted by Gasteiger charge is -2.05. The third-order valence-corrected chi connectivity index (χ3v) is 2.43. The summed E-state index contributed by atoms with van der Waals surface area (Å²) in [6.07, 6.45) is 1.23. The Labute approximate surface area is 102 Å². The molecule has 0 unspecified atom stereocenters. The Kier molecular flexibility index (Phi) is 3.66. The first-order valence-corrected chi connectivity index (χ1v) is 5.34. The molecule has 0 aliphatic rings. The van der Waals surface area contributed by atoms with Crippen LogP contribution in [0.5, 0.6) is 0 Å². The molecule has 0 aliphatic carbocycles. The molecule has 0 spiro atoms. The number of nitrogens with zero attached hydrogens (tertiary/aromatic N) is 1. The Bertz CT molecular complexity index is 520. The molecule has 4 nitrogen and oxygen atoms in total. The van der Waals surface area contributed by atoms with E-state index in [1.54, 1.807) is 12.3 Å². The summed E-state index contributed by atoms with van der Waals surface area (Å²) in [5.74, 6) is -1.88. The normalized spacial score (nSPS) is 10.3. The van der Waals surface area contributed by atoms with Crippen LogP contribution in [0.4, 0.5) is 8.78 Å². The summed E-state index contributed by atoms with van der Waals surface area (Å²) >= 11 is 0. The predicted molar refractivity (Wildman–Crippen MR) is 60.5 cm³/mol. The highest BCUT2D eigenvalue weighted by Crippen LogP contribution is 2.12. The maximum absolute atomic E-state index is 13.3. The molecule has 0 bridgehead atoms. The van der Waals surface area contributed by atoms with Crippen molar-refractivity contribution in [1.29, 1.82) is 0 Å². The zero-order chi connectivity index (χ0) is 13.0. The number of carbonyl (C=O) groups excluding carboxylic acids is 1. The van der Waals surface area contributed by atoms with E-state index in [1.807, 2.05) is 0 Å². The van der Waals surface area contributed by atoms with E-state index in [-0.39, 0.29) is 18.5 Å². The first-order chi connectivity index (χ1) is 8.66. The van der Waals surface area contributed by atoms with Gasteiger partial charge in [-0.05, 0) is 18.2 Å². The van der Waals surface area contributed by atoms with E-state index in [4.69, 9.17) is 0 Å². The standard InChI is InChI=1S/C12H11F2N3O/c13-10-2-1-3-11(14)9(10)6-12(18)15-7-8-4-5-16-17-8/h1-5H,6-7H2,(H,15,18)(H,16,17). The number of hydrogen-bond acceptors (Lipinski definition) is 2. The van der Waals surface area contributed by atoms with Gasteiger partial charge in [-0.3, -0.25) is 9.89 Å². The van der Waals surface area contributed by atoms with Crippen molar-refractivity contribution in [1.82, 2.24) is 15.5 Å². The second-order valence-electron chi connectivity index (χ2n) is 3.74. The summed E-state index contributed by atoms with van der Waals surface area (Å²) < 4.78 is 26.6. The quantitative estimate of drug-likeness (QED) is 0.866. The van der Waals surface area contributed by atoms with Crippen molar-refractivity contribution < 1.29 is 13.6 Å². The minimum Gasteiger partial charge on any atom is -0.350 e. The zero-order valence-electron chi connectivity index (χ0n) is 9.41. The average Bonchev–Trinajstić information content (AvgIpc) is 2.84. The minimum absolute atomic E-state index is 0.223. The van der Waals surface area contributed by atoms with Crippen LogP contribution in [-0.2, 0) is 17.8 Å². The van der Waals surface area contributed by atoms with E-state index in [9.17, 15) is 13.6 Å². The van der Waals surface area contributed by atoms with Gasteiger partial charge in [0.1, 0.15) is 11.6 Å². The molecule has 2 rings (SSSR count). The smallest absolute Gasteiger partial charge is 0.224 e. The maximum Gasteiger partial charge on any atom is 0.224 e. The van der Waals surface area contributed by atoms with Crippen LogP contribution in [0.15, 0.2) is 30.5 Å². The summed E-state index contributed by atoms with van der Waals surface area (Å²) in [6.45, 7) is 0.245. The lowest BCUT2D eigenvalue weighted by molar-refractivity contribution is -0.120. The molecular weight excluding hydrogens is 240 g/mol. The molecule has 0 fully saturated rings.